The molecule has 1 aliphatic heterocycles. The molecule has 0 aromatic carbocycles. The quantitative estimate of drug-likeness (QED) is 0.523. The van der Waals surface area contributed by atoms with Crippen molar-refractivity contribution in [2.45, 2.75) is 19.8 Å². The molecular weight excluding hydrogens is 204 g/mol. The van der Waals surface area contributed by atoms with Gasteiger partial charge < -0.3 is 4.74 Å². The topological polar surface area (TPSA) is 9.23 Å². The lowest BCUT2D eigenvalue weighted by Gasteiger charge is -2.24. The van der Waals surface area contributed by atoms with E-state index >= 15 is 0 Å². The normalized spacial score (nSPS) is 30.7. The maximum atomic E-state index is 5.38. The van der Waals surface area contributed by atoms with E-state index in [9.17, 15) is 0 Å². The number of allylic oxidation sites excluding steroid dienone is 1. The summed E-state index contributed by atoms with van der Waals surface area (Å²) in [7, 11) is 0. The fourth-order valence-corrected chi connectivity index (χ4v) is 2.22. The predicted octanol–water partition coefficient (Wildman–Crippen LogP) is 2.75. The Morgan fingerprint density at radius 3 is 2.82 bits per heavy atom. The summed E-state index contributed by atoms with van der Waals surface area (Å²) in [6.07, 6.45) is 2.27. The Morgan fingerprint density at radius 2 is 2.45 bits per heavy atom. The van der Waals surface area contributed by atoms with Gasteiger partial charge in [0.1, 0.15) is 0 Å². The summed E-state index contributed by atoms with van der Waals surface area (Å²) >= 11 is 3.54. The van der Waals surface area contributed by atoms with Gasteiger partial charge in [-0.3, -0.25) is 0 Å². The van der Waals surface area contributed by atoms with Gasteiger partial charge in [0.2, 0.25) is 0 Å². The van der Waals surface area contributed by atoms with Gasteiger partial charge in [0.25, 0.3) is 0 Å². The zero-order valence-electron chi connectivity index (χ0n) is 7.03. The molecule has 11 heavy (non-hydrogen) atoms. The summed E-state index contributed by atoms with van der Waals surface area (Å²) < 4.78 is 5.38. The fraction of sp³-hybridized carbons (Fsp3) is 0.778. The van der Waals surface area contributed by atoms with E-state index < -0.39 is 0 Å². The summed E-state index contributed by atoms with van der Waals surface area (Å²) in [6, 6.07) is 0. The summed E-state index contributed by atoms with van der Waals surface area (Å²) in [5, 5.41) is 1.03. The number of rotatable bonds is 3. The minimum atomic E-state index is 0.353. The van der Waals surface area contributed by atoms with Crippen LogP contribution in [0, 0.1) is 5.41 Å². The monoisotopic (exact) mass is 218 g/mol. The van der Waals surface area contributed by atoms with Gasteiger partial charge in [-0.1, -0.05) is 21.5 Å². The van der Waals surface area contributed by atoms with E-state index in [1.165, 1.54) is 12.0 Å². The van der Waals surface area contributed by atoms with Crippen molar-refractivity contribution in [2.75, 3.05) is 18.5 Å². The summed E-state index contributed by atoms with van der Waals surface area (Å²) in [4.78, 5) is 0. The van der Waals surface area contributed by atoms with Crippen LogP contribution in [0.1, 0.15) is 19.8 Å². The third kappa shape index (κ3) is 2.31. The number of ether oxygens (including phenoxy) is 1. The average molecular weight is 219 g/mol. The van der Waals surface area contributed by atoms with Crippen LogP contribution in [-0.4, -0.2) is 18.5 Å². The highest BCUT2D eigenvalue weighted by Crippen LogP contribution is 2.36. The van der Waals surface area contributed by atoms with Crippen LogP contribution in [0.2, 0.25) is 0 Å². The molecule has 2 heteroatoms. The van der Waals surface area contributed by atoms with E-state index in [0.29, 0.717) is 5.41 Å². The Bertz CT molecular complexity index is 148. The van der Waals surface area contributed by atoms with E-state index in [1.807, 2.05) is 0 Å². The highest BCUT2D eigenvalue weighted by Gasteiger charge is 2.33. The molecule has 1 rings (SSSR count). The number of alkyl halides is 1. The van der Waals surface area contributed by atoms with Crippen LogP contribution in [0.25, 0.3) is 0 Å². The molecule has 0 spiro atoms. The molecule has 1 aliphatic rings. The Morgan fingerprint density at radius 1 is 1.73 bits per heavy atom. The maximum absolute atomic E-state index is 5.38. The van der Waals surface area contributed by atoms with Crippen molar-refractivity contribution in [3.63, 3.8) is 0 Å². The molecule has 0 saturated carbocycles. The van der Waals surface area contributed by atoms with Gasteiger partial charge in [0, 0.05) is 17.4 Å². The van der Waals surface area contributed by atoms with Crippen LogP contribution in [0.3, 0.4) is 0 Å². The number of halogens is 1. The van der Waals surface area contributed by atoms with Gasteiger partial charge in [0.05, 0.1) is 6.61 Å². The molecule has 0 radical (unpaired) electrons. The van der Waals surface area contributed by atoms with Crippen molar-refractivity contribution in [3.8, 4) is 0 Å². The molecule has 0 aromatic rings. The first-order chi connectivity index (χ1) is 5.18. The second kappa shape index (κ2) is 3.72. The molecule has 1 fully saturated rings. The van der Waals surface area contributed by atoms with E-state index in [1.54, 1.807) is 0 Å². The summed E-state index contributed by atoms with van der Waals surface area (Å²) in [6.45, 7) is 7.83. The molecule has 0 amide bonds. The van der Waals surface area contributed by atoms with Crippen molar-refractivity contribution in [1.82, 2.24) is 0 Å². The number of hydrogen-bond donors (Lipinski definition) is 0. The van der Waals surface area contributed by atoms with Crippen LogP contribution in [0.4, 0.5) is 0 Å². The molecule has 1 nitrogen and oxygen atoms in total. The highest BCUT2D eigenvalue weighted by atomic mass is 79.9. The molecular formula is C9H15BrO. The largest absolute Gasteiger partial charge is 0.381 e. The smallest absolute Gasteiger partial charge is 0.0534 e. The van der Waals surface area contributed by atoms with Crippen LogP contribution >= 0.6 is 15.9 Å². The minimum Gasteiger partial charge on any atom is -0.381 e. The van der Waals surface area contributed by atoms with Crippen molar-refractivity contribution in [3.05, 3.63) is 12.2 Å². The van der Waals surface area contributed by atoms with Gasteiger partial charge in [-0.15, -0.1) is 6.58 Å². The van der Waals surface area contributed by atoms with Crippen molar-refractivity contribution < 1.29 is 4.74 Å². The van der Waals surface area contributed by atoms with Crippen LogP contribution in [0.15, 0.2) is 12.2 Å². The van der Waals surface area contributed by atoms with Crippen LogP contribution in [-0.2, 0) is 4.74 Å². The second-order valence-electron chi connectivity index (χ2n) is 3.57. The highest BCUT2D eigenvalue weighted by molar-refractivity contribution is 9.09. The molecule has 0 bridgehead atoms. The standard InChI is InChI=1S/C9H15BrO/c1-8(2)5-9(6-10)3-4-11-7-9/h1,3-7H2,2H3. The van der Waals surface area contributed by atoms with Gasteiger partial charge in [-0.05, 0) is 19.8 Å². The molecule has 64 valence electrons. The molecule has 1 unspecified atom stereocenters. The molecule has 0 aromatic heterocycles. The lowest BCUT2D eigenvalue weighted by molar-refractivity contribution is 0.162. The summed E-state index contributed by atoms with van der Waals surface area (Å²) in [5.74, 6) is 0. The first kappa shape index (κ1) is 9.27. The van der Waals surface area contributed by atoms with Crippen LogP contribution < -0.4 is 0 Å². The third-order valence-electron chi connectivity index (χ3n) is 2.15. The molecule has 1 saturated heterocycles. The Kier molecular flexibility index (Phi) is 3.14. The predicted molar refractivity (Wildman–Crippen MR) is 51.1 cm³/mol. The number of hydrogen-bond acceptors (Lipinski definition) is 1. The fourth-order valence-electron chi connectivity index (χ4n) is 1.58. The molecule has 0 N–H and O–H groups in total. The van der Waals surface area contributed by atoms with Gasteiger partial charge in [0.15, 0.2) is 0 Å². The van der Waals surface area contributed by atoms with Gasteiger partial charge >= 0.3 is 0 Å². The van der Waals surface area contributed by atoms with Gasteiger partial charge in [-0.25, -0.2) is 0 Å². The van der Waals surface area contributed by atoms with E-state index in [2.05, 4.69) is 29.4 Å². The van der Waals surface area contributed by atoms with Crippen molar-refractivity contribution in [1.29, 1.82) is 0 Å². The van der Waals surface area contributed by atoms with E-state index in [0.717, 1.165) is 25.0 Å². The average Bonchev–Trinajstić information content (AvgIpc) is 2.36. The lowest BCUT2D eigenvalue weighted by atomic mass is 9.84. The molecule has 0 aliphatic carbocycles. The van der Waals surface area contributed by atoms with Crippen molar-refractivity contribution >= 4 is 15.9 Å². The Balaban J connectivity index is 2.52. The van der Waals surface area contributed by atoms with Crippen LogP contribution in [0.5, 0.6) is 0 Å². The minimum absolute atomic E-state index is 0.353. The zero-order valence-corrected chi connectivity index (χ0v) is 8.61. The second-order valence-corrected chi connectivity index (χ2v) is 4.13. The Labute approximate surface area is 76.9 Å². The first-order valence-electron chi connectivity index (χ1n) is 3.97. The van der Waals surface area contributed by atoms with E-state index in [4.69, 9.17) is 4.74 Å². The maximum Gasteiger partial charge on any atom is 0.0534 e. The first-order valence-corrected chi connectivity index (χ1v) is 5.09. The Hall–Kier alpha value is 0.180. The van der Waals surface area contributed by atoms with Crippen molar-refractivity contribution in [2.24, 2.45) is 5.41 Å². The summed E-state index contributed by atoms with van der Waals surface area (Å²) in [5.41, 5.74) is 1.61. The third-order valence-corrected chi connectivity index (χ3v) is 3.33. The zero-order chi connectivity index (χ0) is 8.32. The molecule has 1 heterocycles. The van der Waals surface area contributed by atoms with Gasteiger partial charge in [-0.2, -0.15) is 0 Å². The van der Waals surface area contributed by atoms with E-state index in [-0.39, 0.29) is 0 Å². The lowest BCUT2D eigenvalue weighted by Crippen LogP contribution is -2.22. The molecule has 1 atom stereocenters. The SMILES string of the molecule is C=C(C)CC1(CBr)CCOC1.